The van der Waals surface area contributed by atoms with Gasteiger partial charge in [0.25, 0.3) is 0 Å². The molecule has 0 fully saturated rings. The number of esters is 3. The van der Waals surface area contributed by atoms with Crippen LogP contribution in [0.3, 0.4) is 0 Å². The minimum absolute atomic E-state index is 0.0709. The zero-order valence-corrected chi connectivity index (χ0v) is 18.1. The van der Waals surface area contributed by atoms with Crippen molar-refractivity contribution in [1.82, 2.24) is 0 Å². The van der Waals surface area contributed by atoms with Gasteiger partial charge in [0.2, 0.25) is 6.29 Å². The number of carbonyl (C=O) groups excluding carboxylic acids is 3. The van der Waals surface area contributed by atoms with Crippen LogP contribution in [0.5, 0.6) is 0 Å². The highest BCUT2D eigenvalue weighted by Gasteiger charge is 2.27. The van der Waals surface area contributed by atoms with Gasteiger partial charge in [0, 0.05) is 0 Å². The van der Waals surface area contributed by atoms with E-state index in [4.69, 9.17) is 18.9 Å². The average Bonchev–Trinajstić information content (AvgIpc) is 2.87. The Hall–Kier alpha value is -3.97. The summed E-state index contributed by atoms with van der Waals surface area (Å²) in [5.74, 6) is -1.71. The number of hydrogen-bond donors (Lipinski definition) is 0. The van der Waals surface area contributed by atoms with Gasteiger partial charge in [-0.15, -0.1) is 0 Å². The normalized spacial score (nSPS) is 12.3. The Morgan fingerprint density at radius 1 is 0.606 bits per heavy atom. The Kier molecular flexibility index (Phi) is 8.73. The van der Waals surface area contributed by atoms with Crippen LogP contribution in [0, 0.1) is 0 Å². The van der Waals surface area contributed by atoms with Gasteiger partial charge in [0.1, 0.15) is 6.61 Å². The monoisotopic (exact) mass is 448 g/mol. The van der Waals surface area contributed by atoms with E-state index in [0.29, 0.717) is 16.7 Å². The van der Waals surface area contributed by atoms with Crippen LogP contribution >= 0.6 is 0 Å². The first-order chi connectivity index (χ1) is 16.0. The van der Waals surface area contributed by atoms with E-state index < -0.39 is 30.3 Å². The molecule has 0 radical (unpaired) electrons. The zero-order valence-electron chi connectivity index (χ0n) is 18.1. The van der Waals surface area contributed by atoms with Gasteiger partial charge in [0.05, 0.1) is 23.3 Å². The summed E-state index contributed by atoms with van der Waals surface area (Å²) in [6.07, 6.45) is -2.13. The van der Waals surface area contributed by atoms with Crippen LogP contribution in [0.4, 0.5) is 0 Å². The lowest BCUT2D eigenvalue weighted by Gasteiger charge is -2.24. The third-order valence-corrected chi connectivity index (χ3v) is 4.53. The molecule has 0 N–H and O–H groups in total. The molecule has 0 saturated carbocycles. The van der Waals surface area contributed by atoms with Crippen molar-refractivity contribution in [2.24, 2.45) is 0 Å². The van der Waals surface area contributed by atoms with E-state index in [1.807, 2.05) is 0 Å². The van der Waals surface area contributed by atoms with Crippen LogP contribution in [0.25, 0.3) is 0 Å². The summed E-state index contributed by atoms with van der Waals surface area (Å²) < 4.78 is 21.7. The number of rotatable bonds is 10. The smallest absolute Gasteiger partial charge is 0.340 e. The Labute approximate surface area is 191 Å². The second kappa shape index (κ2) is 12.2. The molecule has 0 aliphatic carbocycles. The molecule has 0 spiro atoms. The SMILES string of the molecule is C[C@H](OC(=O)c1ccccc1)[C@@H](OCCOC(=O)c1ccccc1)OC(=O)c1ccccc1. The fourth-order valence-corrected chi connectivity index (χ4v) is 2.84. The molecule has 0 amide bonds. The van der Waals surface area contributed by atoms with Crippen molar-refractivity contribution < 1.29 is 33.3 Å². The standard InChI is InChI=1S/C26H24O7/c1-19(32-24(28)21-13-7-3-8-14-21)26(33-25(29)22-15-9-4-10-16-22)31-18-17-30-23(27)20-11-5-2-6-12-20/h2-16,19,26H,17-18H2,1H3/t19-,26-/m0/s1. The van der Waals surface area contributed by atoms with Gasteiger partial charge in [0.15, 0.2) is 6.10 Å². The lowest BCUT2D eigenvalue weighted by molar-refractivity contribution is -0.166. The van der Waals surface area contributed by atoms with Crippen molar-refractivity contribution in [3.05, 3.63) is 108 Å². The predicted molar refractivity (Wildman–Crippen MR) is 120 cm³/mol. The topological polar surface area (TPSA) is 88.1 Å². The van der Waals surface area contributed by atoms with Crippen LogP contribution in [0.1, 0.15) is 38.0 Å². The van der Waals surface area contributed by atoms with Crippen LogP contribution in [0.15, 0.2) is 91.0 Å². The first-order valence-corrected chi connectivity index (χ1v) is 10.4. The molecule has 0 bridgehead atoms. The van der Waals surface area contributed by atoms with Gasteiger partial charge in [-0.1, -0.05) is 54.6 Å². The maximum Gasteiger partial charge on any atom is 0.340 e. The molecule has 0 heterocycles. The van der Waals surface area contributed by atoms with Crippen molar-refractivity contribution in [3.63, 3.8) is 0 Å². The van der Waals surface area contributed by atoms with E-state index in [1.54, 1.807) is 97.9 Å². The first-order valence-electron chi connectivity index (χ1n) is 10.4. The zero-order chi connectivity index (χ0) is 23.5. The molecule has 7 nitrogen and oxygen atoms in total. The van der Waals surface area contributed by atoms with Crippen LogP contribution < -0.4 is 0 Å². The minimum Gasteiger partial charge on any atom is -0.460 e. The number of carbonyl (C=O) groups is 3. The third kappa shape index (κ3) is 7.29. The molecule has 7 heteroatoms. The maximum absolute atomic E-state index is 12.5. The van der Waals surface area contributed by atoms with Gasteiger partial charge in [-0.05, 0) is 43.3 Å². The molecule has 0 aromatic heterocycles. The van der Waals surface area contributed by atoms with Crippen LogP contribution in [-0.2, 0) is 18.9 Å². The van der Waals surface area contributed by atoms with Gasteiger partial charge >= 0.3 is 17.9 Å². The highest BCUT2D eigenvalue weighted by molar-refractivity contribution is 5.90. The molecule has 3 rings (SSSR count). The highest BCUT2D eigenvalue weighted by atomic mass is 16.7. The summed E-state index contributed by atoms with van der Waals surface area (Å²) in [6.45, 7) is 1.41. The summed E-state index contributed by atoms with van der Waals surface area (Å²) in [7, 11) is 0. The largest absolute Gasteiger partial charge is 0.460 e. The molecule has 3 aromatic carbocycles. The van der Waals surface area contributed by atoms with E-state index in [1.165, 1.54) is 0 Å². The lowest BCUT2D eigenvalue weighted by atomic mass is 10.2. The number of benzene rings is 3. The van der Waals surface area contributed by atoms with E-state index in [9.17, 15) is 14.4 Å². The van der Waals surface area contributed by atoms with Gasteiger partial charge in [-0.25, -0.2) is 14.4 Å². The van der Waals surface area contributed by atoms with E-state index in [2.05, 4.69) is 0 Å². The highest BCUT2D eigenvalue weighted by Crippen LogP contribution is 2.13. The molecule has 0 unspecified atom stereocenters. The van der Waals surface area contributed by atoms with E-state index in [-0.39, 0.29) is 13.2 Å². The van der Waals surface area contributed by atoms with Crippen molar-refractivity contribution in [3.8, 4) is 0 Å². The maximum atomic E-state index is 12.5. The number of hydrogen-bond acceptors (Lipinski definition) is 7. The number of ether oxygens (including phenoxy) is 4. The fourth-order valence-electron chi connectivity index (χ4n) is 2.84. The molecule has 3 aromatic rings. The van der Waals surface area contributed by atoms with Crippen molar-refractivity contribution >= 4 is 17.9 Å². The minimum atomic E-state index is -1.21. The van der Waals surface area contributed by atoms with Crippen LogP contribution in [-0.4, -0.2) is 43.5 Å². The fraction of sp³-hybridized carbons (Fsp3) is 0.192. The molecular formula is C26H24O7. The first kappa shape index (κ1) is 23.7. The molecular weight excluding hydrogens is 424 g/mol. The average molecular weight is 448 g/mol. The van der Waals surface area contributed by atoms with E-state index >= 15 is 0 Å². The second-order valence-corrected chi connectivity index (χ2v) is 6.99. The predicted octanol–water partition coefficient (Wildman–Crippen LogP) is 4.29. The Balaban J connectivity index is 1.59. The van der Waals surface area contributed by atoms with Gasteiger partial charge in [-0.2, -0.15) is 0 Å². The summed E-state index contributed by atoms with van der Waals surface area (Å²) in [5, 5.41) is 0. The van der Waals surface area contributed by atoms with Crippen molar-refractivity contribution in [2.45, 2.75) is 19.3 Å². The second-order valence-electron chi connectivity index (χ2n) is 6.99. The summed E-state index contributed by atoms with van der Waals surface area (Å²) in [4.78, 5) is 37.0. The summed E-state index contributed by atoms with van der Waals surface area (Å²) in [5.41, 5.74) is 1.09. The molecule has 2 atom stereocenters. The van der Waals surface area contributed by atoms with Crippen molar-refractivity contribution in [1.29, 1.82) is 0 Å². The lowest BCUT2D eigenvalue weighted by Crippen LogP contribution is -2.36. The van der Waals surface area contributed by atoms with Gasteiger partial charge in [-0.3, -0.25) is 0 Å². The van der Waals surface area contributed by atoms with E-state index in [0.717, 1.165) is 0 Å². The quantitative estimate of drug-likeness (QED) is 0.198. The summed E-state index contributed by atoms with van der Waals surface area (Å²) >= 11 is 0. The molecule has 0 aliphatic rings. The molecule has 0 aliphatic heterocycles. The molecule has 170 valence electrons. The Bertz CT molecular complexity index is 1040. The van der Waals surface area contributed by atoms with Crippen LogP contribution in [0.2, 0.25) is 0 Å². The Morgan fingerprint density at radius 3 is 1.52 bits per heavy atom. The summed E-state index contributed by atoms with van der Waals surface area (Å²) in [6, 6.07) is 25.4. The third-order valence-electron chi connectivity index (χ3n) is 4.53. The molecule has 33 heavy (non-hydrogen) atoms. The van der Waals surface area contributed by atoms with Crippen molar-refractivity contribution in [2.75, 3.05) is 13.2 Å². The Morgan fingerprint density at radius 2 is 1.03 bits per heavy atom. The van der Waals surface area contributed by atoms with Gasteiger partial charge < -0.3 is 18.9 Å². The molecule has 0 saturated heterocycles.